The van der Waals surface area contributed by atoms with Gasteiger partial charge in [-0.1, -0.05) is 42.0 Å². The van der Waals surface area contributed by atoms with Crippen LogP contribution in [0.4, 0.5) is 5.69 Å². The number of carbonyl (C=O) groups excluding carboxylic acids is 2. The van der Waals surface area contributed by atoms with Gasteiger partial charge in [0.2, 0.25) is 0 Å². The maximum atomic E-state index is 13.4. The van der Waals surface area contributed by atoms with E-state index in [1.54, 1.807) is 17.0 Å². The third-order valence-electron chi connectivity index (χ3n) is 6.28. The van der Waals surface area contributed by atoms with Crippen LogP contribution in [0.25, 0.3) is 0 Å². The number of amides is 1. The van der Waals surface area contributed by atoms with Gasteiger partial charge in [-0.25, -0.2) is 0 Å². The number of hydrogen-bond acceptors (Lipinski definition) is 3. The number of fused-ring (bicyclic) bond motifs is 1. The van der Waals surface area contributed by atoms with Crippen molar-refractivity contribution in [1.82, 2.24) is 0 Å². The topological polar surface area (TPSA) is 62.0 Å². The molecule has 5 nitrogen and oxygen atoms in total. The van der Waals surface area contributed by atoms with Gasteiger partial charge >= 0.3 is 0 Å². The number of nitrogens with zero attached hydrogens (tertiary/aromatic N) is 1. The lowest BCUT2D eigenvalue weighted by Crippen LogP contribution is -3.14. The first-order valence-electron chi connectivity index (χ1n) is 10.5. The predicted molar refractivity (Wildman–Crippen MR) is 112 cm³/mol. The molecule has 2 aliphatic rings. The summed E-state index contributed by atoms with van der Waals surface area (Å²) in [5, 5.41) is 11.5. The van der Waals surface area contributed by atoms with Gasteiger partial charge in [0, 0.05) is 11.1 Å². The molecule has 2 aromatic carbocycles. The minimum Gasteiger partial charge on any atom is -0.375 e. The molecule has 2 aromatic rings. The number of para-hydroxylation sites is 1. The summed E-state index contributed by atoms with van der Waals surface area (Å²) in [5.74, 6) is -0.588. The number of nitrogens with one attached hydrogen (secondary N) is 1. The fourth-order valence-electron chi connectivity index (χ4n) is 4.72. The SMILES string of the molecule is Cc1ccc(C(=O)C[C@@]2(O)C(=O)N(C[NH+]3CCCCC3)c3ccccc32)c(C)c1. The molecule has 4 rings (SSSR count). The number of carbonyl (C=O) groups is 2. The van der Waals surface area contributed by atoms with Crippen molar-refractivity contribution < 1.29 is 19.6 Å². The number of hydrogen-bond donors (Lipinski definition) is 2. The van der Waals surface area contributed by atoms with Crippen molar-refractivity contribution in [2.75, 3.05) is 24.7 Å². The molecule has 0 aromatic heterocycles. The van der Waals surface area contributed by atoms with E-state index in [1.807, 2.05) is 44.2 Å². The van der Waals surface area contributed by atoms with E-state index in [1.165, 1.54) is 11.3 Å². The molecule has 0 radical (unpaired) electrons. The summed E-state index contributed by atoms with van der Waals surface area (Å²) in [6.45, 7) is 6.47. The Morgan fingerprint density at radius 3 is 2.55 bits per heavy atom. The lowest BCUT2D eigenvalue weighted by atomic mass is 9.87. The van der Waals surface area contributed by atoms with Gasteiger partial charge < -0.3 is 10.0 Å². The van der Waals surface area contributed by atoms with Crippen LogP contribution in [0.1, 0.15) is 52.7 Å². The molecule has 152 valence electrons. The zero-order valence-electron chi connectivity index (χ0n) is 17.2. The number of benzene rings is 2. The van der Waals surface area contributed by atoms with Gasteiger partial charge in [-0.2, -0.15) is 0 Å². The standard InChI is InChI=1S/C24H28N2O3/c1-17-10-11-19(18(2)14-17)22(27)15-24(29)20-8-4-5-9-21(20)26(23(24)28)16-25-12-6-3-7-13-25/h4-5,8-11,14,29H,3,6-7,12-13,15-16H2,1-2H3/p+1/t24-/m0/s1. The first-order valence-corrected chi connectivity index (χ1v) is 10.5. The van der Waals surface area contributed by atoms with Crippen LogP contribution in [0.5, 0.6) is 0 Å². The van der Waals surface area contributed by atoms with Crippen LogP contribution in [0, 0.1) is 13.8 Å². The molecule has 1 saturated heterocycles. The van der Waals surface area contributed by atoms with E-state index in [4.69, 9.17) is 0 Å². The number of likely N-dealkylation sites (tertiary alicyclic amines) is 1. The smallest absolute Gasteiger partial charge is 0.268 e. The van der Waals surface area contributed by atoms with Crippen molar-refractivity contribution in [2.45, 2.75) is 45.1 Å². The predicted octanol–water partition coefficient (Wildman–Crippen LogP) is 2.14. The van der Waals surface area contributed by atoms with Crippen molar-refractivity contribution in [3.63, 3.8) is 0 Å². The summed E-state index contributed by atoms with van der Waals surface area (Å²) >= 11 is 0. The molecule has 29 heavy (non-hydrogen) atoms. The van der Waals surface area contributed by atoms with Crippen LogP contribution in [0.3, 0.4) is 0 Å². The first-order chi connectivity index (χ1) is 13.9. The van der Waals surface area contributed by atoms with Gasteiger partial charge in [-0.15, -0.1) is 0 Å². The Morgan fingerprint density at radius 2 is 1.83 bits per heavy atom. The maximum Gasteiger partial charge on any atom is 0.268 e. The molecule has 2 heterocycles. The number of aryl methyl sites for hydroxylation is 2. The molecule has 0 unspecified atom stereocenters. The van der Waals surface area contributed by atoms with Crippen LogP contribution in [0.15, 0.2) is 42.5 Å². The van der Waals surface area contributed by atoms with Gasteiger partial charge in [0.05, 0.1) is 25.2 Å². The van der Waals surface area contributed by atoms with Gasteiger partial charge in [0.15, 0.2) is 18.1 Å². The number of ketones is 1. The lowest BCUT2D eigenvalue weighted by Gasteiger charge is -2.29. The number of aliphatic hydroxyl groups is 1. The zero-order chi connectivity index (χ0) is 20.6. The van der Waals surface area contributed by atoms with Gasteiger partial charge in [0.25, 0.3) is 5.91 Å². The van der Waals surface area contributed by atoms with E-state index in [-0.39, 0.29) is 18.1 Å². The number of anilines is 1. The highest BCUT2D eigenvalue weighted by atomic mass is 16.3. The number of quaternary nitrogens is 1. The van der Waals surface area contributed by atoms with Crippen molar-refractivity contribution >= 4 is 17.4 Å². The molecular weight excluding hydrogens is 364 g/mol. The lowest BCUT2D eigenvalue weighted by molar-refractivity contribution is -0.903. The number of piperidine rings is 1. The van der Waals surface area contributed by atoms with Crippen LogP contribution >= 0.6 is 0 Å². The second kappa shape index (κ2) is 7.73. The second-order valence-corrected chi connectivity index (χ2v) is 8.50. The van der Waals surface area contributed by atoms with Crippen molar-refractivity contribution in [3.05, 3.63) is 64.7 Å². The van der Waals surface area contributed by atoms with E-state index in [0.29, 0.717) is 17.8 Å². The number of Topliss-reactive ketones (excluding diaryl/α,β-unsaturated/α-hetero) is 1. The third-order valence-corrected chi connectivity index (χ3v) is 6.28. The molecule has 1 amide bonds. The minimum atomic E-state index is -1.81. The Balaban J connectivity index is 1.63. The van der Waals surface area contributed by atoms with E-state index in [0.717, 1.165) is 42.7 Å². The summed E-state index contributed by atoms with van der Waals surface area (Å²) in [6.07, 6.45) is 3.32. The molecular formula is C24H29N2O3+. The van der Waals surface area contributed by atoms with E-state index < -0.39 is 5.60 Å². The monoisotopic (exact) mass is 393 g/mol. The van der Waals surface area contributed by atoms with E-state index in [9.17, 15) is 14.7 Å². The summed E-state index contributed by atoms with van der Waals surface area (Å²) in [7, 11) is 0. The summed E-state index contributed by atoms with van der Waals surface area (Å²) < 4.78 is 0. The Bertz CT molecular complexity index is 949. The molecule has 0 bridgehead atoms. The van der Waals surface area contributed by atoms with Crippen LogP contribution in [-0.4, -0.2) is 36.6 Å². The van der Waals surface area contributed by atoms with Crippen LogP contribution in [-0.2, 0) is 10.4 Å². The zero-order valence-corrected chi connectivity index (χ0v) is 17.2. The molecule has 2 N–H and O–H groups in total. The molecule has 1 atom stereocenters. The second-order valence-electron chi connectivity index (χ2n) is 8.50. The molecule has 1 fully saturated rings. The third kappa shape index (κ3) is 3.61. The molecule has 2 aliphatic heterocycles. The number of rotatable bonds is 5. The Labute approximate surface area is 171 Å². The average molecular weight is 394 g/mol. The van der Waals surface area contributed by atoms with Crippen molar-refractivity contribution in [3.8, 4) is 0 Å². The molecule has 0 aliphatic carbocycles. The van der Waals surface area contributed by atoms with Crippen LogP contribution in [0.2, 0.25) is 0 Å². The quantitative estimate of drug-likeness (QED) is 0.765. The highest BCUT2D eigenvalue weighted by Gasteiger charge is 2.51. The average Bonchev–Trinajstić information content (AvgIpc) is 2.91. The molecule has 5 heteroatoms. The Morgan fingerprint density at radius 1 is 1.10 bits per heavy atom. The van der Waals surface area contributed by atoms with E-state index >= 15 is 0 Å². The van der Waals surface area contributed by atoms with Crippen LogP contribution < -0.4 is 9.80 Å². The molecule has 0 saturated carbocycles. The highest BCUT2D eigenvalue weighted by molar-refractivity contribution is 6.10. The maximum absolute atomic E-state index is 13.4. The van der Waals surface area contributed by atoms with Crippen molar-refractivity contribution in [1.29, 1.82) is 0 Å². The normalized spacial score (nSPS) is 22.0. The van der Waals surface area contributed by atoms with Gasteiger partial charge in [-0.05, 0) is 44.7 Å². The first kappa shape index (κ1) is 19.8. The van der Waals surface area contributed by atoms with Crippen molar-refractivity contribution in [2.24, 2.45) is 0 Å². The van der Waals surface area contributed by atoms with Gasteiger partial charge in [-0.3, -0.25) is 14.5 Å². The fourth-order valence-corrected chi connectivity index (χ4v) is 4.72. The Hall–Kier alpha value is -2.50. The summed E-state index contributed by atoms with van der Waals surface area (Å²) in [4.78, 5) is 29.5. The highest BCUT2D eigenvalue weighted by Crippen LogP contribution is 2.42. The Kier molecular flexibility index (Phi) is 5.28. The fraction of sp³-hybridized carbons (Fsp3) is 0.417. The molecule has 0 spiro atoms. The summed E-state index contributed by atoms with van der Waals surface area (Å²) in [5.41, 5.74) is 1.98. The van der Waals surface area contributed by atoms with Gasteiger partial charge in [0.1, 0.15) is 0 Å². The summed E-state index contributed by atoms with van der Waals surface area (Å²) in [6, 6.07) is 13.0. The minimum absolute atomic E-state index is 0.208. The largest absolute Gasteiger partial charge is 0.375 e. The van der Waals surface area contributed by atoms with E-state index in [2.05, 4.69) is 0 Å².